The SMILES string of the molecule is CC(=O)NC(C)(C)C(C)(C)N. The molecule has 3 nitrogen and oxygen atoms in total. The van der Waals surface area contributed by atoms with Crippen molar-refractivity contribution < 1.29 is 4.79 Å². The van der Waals surface area contributed by atoms with Gasteiger partial charge in [0.2, 0.25) is 5.91 Å². The molecule has 0 aromatic rings. The Morgan fingerprint density at radius 3 is 1.73 bits per heavy atom. The molecule has 3 heteroatoms. The van der Waals surface area contributed by atoms with Crippen LogP contribution in [0.1, 0.15) is 34.6 Å². The highest BCUT2D eigenvalue weighted by Crippen LogP contribution is 2.17. The van der Waals surface area contributed by atoms with E-state index in [2.05, 4.69) is 5.32 Å². The van der Waals surface area contributed by atoms with Crippen molar-refractivity contribution in [3.8, 4) is 0 Å². The highest BCUT2D eigenvalue weighted by Gasteiger charge is 2.33. The van der Waals surface area contributed by atoms with Gasteiger partial charge in [0.25, 0.3) is 0 Å². The van der Waals surface area contributed by atoms with Gasteiger partial charge in [-0.2, -0.15) is 0 Å². The molecule has 11 heavy (non-hydrogen) atoms. The largest absolute Gasteiger partial charge is 0.350 e. The van der Waals surface area contributed by atoms with E-state index in [0.29, 0.717) is 0 Å². The minimum absolute atomic E-state index is 0.0477. The molecule has 0 aromatic carbocycles. The van der Waals surface area contributed by atoms with Crippen molar-refractivity contribution in [1.29, 1.82) is 0 Å². The molecule has 0 saturated heterocycles. The molecule has 0 fully saturated rings. The molecule has 0 unspecified atom stereocenters. The summed E-state index contributed by atoms with van der Waals surface area (Å²) in [5, 5.41) is 2.80. The Morgan fingerprint density at radius 1 is 1.27 bits per heavy atom. The lowest BCUT2D eigenvalue weighted by atomic mass is 9.83. The number of nitrogens with two attached hydrogens (primary N) is 1. The second-order valence-corrected chi connectivity index (χ2v) is 4.03. The average Bonchev–Trinajstić information content (AvgIpc) is 1.56. The maximum atomic E-state index is 10.7. The summed E-state index contributed by atoms with van der Waals surface area (Å²) in [6, 6.07) is 0. The molecule has 0 aliphatic rings. The molecule has 0 bridgehead atoms. The molecule has 0 aromatic heterocycles. The van der Waals surface area contributed by atoms with Crippen molar-refractivity contribution >= 4 is 5.91 Å². The Bertz CT molecular complexity index is 156. The molecule has 0 spiro atoms. The number of hydrogen-bond donors (Lipinski definition) is 2. The number of amides is 1. The number of nitrogens with one attached hydrogen (secondary N) is 1. The van der Waals surface area contributed by atoms with Crippen molar-refractivity contribution in [3.63, 3.8) is 0 Å². The summed E-state index contributed by atoms with van der Waals surface area (Å²) in [6.45, 7) is 9.10. The fourth-order valence-electron chi connectivity index (χ4n) is 0.601. The first-order valence-corrected chi connectivity index (χ1v) is 3.74. The summed E-state index contributed by atoms with van der Waals surface area (Å²) < 4.78 is 0. The van der Waals surface area contributed by atoms with E-state index >= 15 is 0 Å². The first-order valence-electron chi connectivity index (χ1n) is 3.74. The zero-order chi connectivity index (χ0) is 9.28. The Hall–Kier alpha value is -0.570. The summed E-state index contributed by atoms with van der Waals surface area (Å²) >= 11 is 0. The van der Waals surface area contributed by atoms with Gasteiger partial charge < -0.3 is 11.1 Å². The molecular weight excluding hydrogens is 140 g/mol. The molecule has 0 atom stereocenters. The number of carbonyl (C=O) groups is 1. The van der Waals surface area contributed by atoms with Crippen molar-refractivity contribution in [2.45, 2.75) is 45.7 Å². The van der Waals surface area contributed by atoms with E-state index in [1.54, 1.807) is 0 Å². The Morgan fingerprint density at radius 2 is 1.64 bits per heavy atom. The van der Waals surface area contributed by atoms with Gasteiger partial charge >= 0.3 is 0 Å². The third-order valence-corrected chi connectivity index (χ3v) is 2.10. The molecule has 0 rings (SSSR count). The summed E-state index contributed by atoms with van der Waals surface area (Å²) in [5.74, 6) is -0.0477. The predicted octanol–water partition coefficient (Wildman–Crippen LogP) is 0.638. The highest BCUT2D eigenvalue weighted by atomic mass is 16.1. The van der Waals surface area contributed by atoms with Gasteiger partial charge in [0.1, 0.15) is 0 Å². The quantitative estimate of drug-likeness (QED) is 0.619. The van der Waals surface area contributed by atoms with E-state index in [-0.39, 0.29) is 11.4 Å². The number of rotatable bonds is 2. The second-order valence-electron chi connectivity index (χ2n) is 4.03. The van der Waals surface area contributed by atoms with Gasteiger partial charge in [0, 0.05) is 12.5 Å². The van der Waals surface area contributed by atoms with Crippen LogP contribution in [0, 0.1) is 0 Å². The molecular formula is C8H18N2O. The van der Waals surface area contributed by atoms with Gasteiger partial charge in [-0.05, 0) is 27.7 Å². The van der Waals surface area contributed by atoms with E-state index in [1.165, 1.54) is 6.92 Å². The van der Waals surface area contributed by atoms with Crippen molar-refractivity contribution in [2.75, 3.05) is 0 Å². The van der Waals surface area contributed by atoms with Gasteiger partial charge in [0.15, 0.2) is 0 Å². The van der Waals surface area contributed by atoms with Crippen LogP contribution in [0.2, 0.25) is 0 Å². The first-order chi connectivity index (χ1) is 4.67. The van der Waals surface area contributed by atoms with Gasteiger partial charge in [-0.15, -0.1) is 0 Å². The van der Waals surface area contributed by atoms with Crippen LogP contribution in [0.4, 0.5) is 0 Å². The van der Waals surface area contributed by atoms with Crippen LogP contribution >= 0.6 is 0 Å². The fraction of sp³-hybridized carbons (Fsp3) is 0.875. The molecule has 0 aliphatic heterocycles. The smallest absolute Gasteiger partial charge is 0.217 e. The second kappa shape index (κ2) is 2.81. The van der Waals surface area contributed by atoms with Crippen molar-refractivity contribution in [3.05, 3.63) is 0 Å². The van der Waals surface area contributed by atoms with Crippen LogP contribution in [0.25, 0.3) is 0 Å². The Labute approximate surface area is 68.3 Å². The van der Waals surface area contributed by atoms with Crippen molar-refractivity contribution in [2.24, 2.45) is 5.73 Å². The number of hydrogen-bond acceptors (Lipinski definition) is 2. The maximum Gasteiger partial charge on any atom is 0.217 e. The first kappa shape index (κ1) is 10.4. The van der Waals surface area contributed by atoms with E-state index in [4.69, 9.17) is 5.73 Å². The molecule has 0 aliphatic carbocycles. The summed E-state index contributed by atoms with van der Waals surface area (Å²) in [6.07, 6.45) is 0. The minimum atomic E-state index is -0.404. The summed E-state index contributed by atoms with van der Waals surface area (Å²) in [5.41, 5.74) is 5.08. The lowest BCUT2D eigenvalue weighted by Crippen LogP contribution is -2.62. The van der Waals surface area contributed by atoms with Crippen LogP contribution in [0.3, 0.4) is 0 Å². The molecule has 3 N–H and O–H groups in total. The topological polar surface area (TPSA) is 55.1 Å². The van der Waals surface area contributed by atoms with E-state index in [9.17, 15) is 4.79 Å². The zero-order valence-corrected chi connectivity index (χ0v) is 7.99. The zero-order valence-electron chi connectivity index (χ0n) is 7.99. The van der Waals surface area contributed by atoms with Gasteiger partial charge in [-0.25, -0.2) is 0 Å². The van der Waals surface area contributed by atoms with Gasteiger partial charge in [0.05, 0.1) is 5.54 Å². The standard InChI is InChI=1S/C8H18N2O/c1-6(11)10-8(4,5)7(2,3)9/h9H2,1-5H3,(H,10,11). The summed E-state index contributed by atoms with van der Waals surface area (Å²) in [7, 11) is 0. The maximum absolute atomic E-state index is 10.7. The summed E-state index contributed by atoms with van der Waals surface area (Å²) in [4.78, 5) is 10.7. The number of carbonyl (C=O) groups excluding carboxylic acids is 1. The van der Waals surface area contributed by atoms with Crippen LogP contribution in [-0.4, -0.2) is 17.0 Å². The molecule has 0 radical (unpaired) electrons. The van der Waals surface area contributed by atoms with Crippen LogP contribution < -0.4 is 11.1 Å². The fourth-order valence-corrected chi connectivity index (χ4v) is 0.601. The third kappa shape index (κ3) is 2.89. The van der Waals surface area contributed by atoms with Crippen LogP contribution in [-0.2, 0) is 4.79 Å². The minimum Gasteiger partial charge on any atom is -0.350 e. The predicted molar refractivity (Wildman–Crippen MR) is 46.2 cm³/mol. The van der Waals surface area contributed by atoms with E-state index < -0.39 is 5.54 Å². The lowest BCUT2D eigenvalue weighted by molar-refractivity contribution is -0.121. The van der Waals surface area contributed by atoms with E-state index in [1.807, 2.05) is 27.7 Å². The normalized spacial score (nSPS) is 12.9. The van der Waals surface area contributed by atoms with Gasteiger partial charge in [-0.1, -0.05) is 0 Å². The van der Waals surface area contributed by atoms with Crippen LogP contribution in [0.15, 0.2) is 0 Å². The lowest BCUT2D eigenvalue weighted by Gasteiger charge is -2.38. The molecule has 0 saturated carbocycles. The monoisotopic (exact) mass is 158 g/mol. The average molecular weight is 158 g/mol. The van der Waals surface area contributed by atoms with Crippen molar-refractivity contribution in [1.82, 2.24) is 5.32 Å². The van der Waals surface area contributed by atoms with E-state index in [0.717, 1.165) is 0 Å². The van der Waals surface area contributed by atoms with Gasteiger partial charge in [-0.3, -0.25) is 4.79 Å². The Kier molecular flexibility index (Phi) is 2.67. The molecule has 0 heterocycles. The molecule has 66 valence electrons. The Balaban J connectivity index is 4.34. The third-order valence-electron chi connectivity index (χ3n) is 2.10. The van der Waals surface area contributed by atoms with Crippen LogP contribution in [0.5, 0.6) is 0 Å². The highest BCUT2D eigenvalue weighted by molar-refractivity contribution is 5.73. The molecule has 1 amide bonds.